The highest BCUT2D eigenvalue weighted by molar-refractivity contribution is 7.19. The zero-order valence-electron chi connectivity index (χ0n) is 19.2. The van der Waals surface area contributed by atoms with Crippen molar-refractivity contribution in [3.8, 4) is 0 Å². The molecule has 1 unspecified atom stereocenters. The molecule has 0 bridgehead atoms. The molecule has 1 aromatic carbocycles. The molecule has 0 fully saturated rings. The van der Waals surface area contributed by atoms with Crippen molar-refractivity contribution in [1.82, 2.24) is 14.8 Å². The van der Waals surface area contributed by atoms with Crippen LogP contribution in [0.25, 0.3) is 10.2 Å². The first-order valence-corrected chi connectivity index (χ1v) is 12.0. The minimum absolute atomic E-state index is 0.110. The SMILES string of the molecule is Cc1c(CN(C)CC(O)c2ccco2)sc2c(=O)c(C(=O)NCc3ccc(Cl)cc3)cn(C)c12. The van der Waals surface area contributed by atoms with Gasteiger partial charge in [0.25, 0.3) is 5.91 Å². The number of pyridine rings is 1. The number of nitrogens with one attached hydrogen (secondary N) is 1. The van der Waals surface area contributed by atoms with Crippen LogP contribution in [0, 0.1) is 6.92 Å². The largest absolute Gasteiger partial charge is 0.467 e. The number of rotatable bonds is 8. The third-order valence-electron chi connectivity index (χ3n) is 5.72. The third-order valence-corrected chi connectivity index (χ3v) is 7.24. The standard InChI is InChI=1S/C25H26ClN3O4S/c1-15-21(14-28(2)13-19(30)20-5-4-10-33-20)34-24-22(15)29(3)12-18(23(24)31)25(32)27-11-16-6-8-17(26)9-7-16/h4-10,12,19,30H,11,13-14H2,1-3H3,(H,27,32). The van der Waals surface area contributed by atoms with Crippen LogP contribution in [-0.4, -0.2) is 34.1 Å². The van der Waals surface area contributed by atoms with Crippen LogP contribution in [0.4, 0.5) is 0 Å². The van der Waals surface area contributed by atoms with Crippen molar-refractivity contribution in [1.29, 1.82) is 0 Å². The Morgan fingerprint density at radius 3 is 2.71 bits per heavy atom. The van der Waals surface area contributed by atoms with E-state index in [4.69, 9.17) is 16.0 Å². The number of benzene rings is 1. The van der Waals surface area contributed by atoms with Crippen molar-refractivity contribution < 1.29 is 14.3 Å². The Balaban J connectivity index is 1.54. The molecular weight excluding hydrogens is 474 g/mol. The summed E-state index contributed by atoms with van der Waals surface area (Å²) in [5, 5.41) is 13.8. The lowest BCUT2D eigenvalue weighted by Gasteiger charge is -2.19. The summed E-state index contributed by atoms with van der Waals surface area (Å²) in [6.07, 6.45) is 2.39. The molecule has 0 saturated carbocycles. The number of aliphatic hydroxyl groups is 1. The maximum Gasteiger partial charge on any atom is 0.257 e. The minimum atomic E-state index is -0.739. The van der Waals surface area contributed by atoms with Gasteiger partial charge < -0.3 is 19.4 Å². The number of aliphatic hydroxyl groups excluding tert-OH is 1. The highest BCUT2D eigenvalue weighted by Gasteiger charge is 2.21. The monoisotopic (exact) mass is 499 g/mol. The van der Waals surface area contributed by atoms with E-state index in [2.05, 4.69) is 5.32 Å². The second-order valence-electron chi connectivity index (χ2n) is 8.35. The zero-order chi connectivity index (χ0) is 24.4. The van der Waals surface area contributed by atoms with E-state index in [0.717, 1.165) is 21.5 Å². The molecule has 34 heavy (non-hydrogen) atoms. The molecule has 7 nitrogen and oxygen atoms in total. The van der Waals surface area contributed by atoms with Crippen LogP contribution < -0.4 is 10.7 Å². The van der Waals surface area contributed by atoms with Crippen LogP contribution >= 0.6 is 22.9 Å². The molecular formula is C25H26ClN3O4S. The van der Waals surface area contributed by atoms with Gasteiger partial charge in [-0.05, 0) is 49.4 Å². The summed E-state index contributed by atoms with van der Waals surface area (Å²) < 4.78 is 7.66. The number of aromatic nitrogens is 1. The lowest BCUT2D eigenvalue weighted by atomic mass is 10.1. The van der Waals surface area contributed by atoms with Crippen LogP contribution in [0.2, 0.25) is 5.02 Å². The van der Waals surface area contributed by atoms with Crippen molar-refractivity contribution in [3.05, 3.63) is 91.4 Å². The molecule has 0 aliphatic rings. The van der Waals surface area contributed by atoms with E-state index >= 15 is 0 Å². The zero-order valence-corrected chi connectivity index (χ0v) is 20.7. The fraction of sp³-hybridized carbons (Fsp3) is 0.280. The quantitative estimate of drug-likeness (QED) is 0.378. The van der Waals surface area contributed by atoms with Gasteiger partial charge in [0.1, 0.15) is 17.4 Å². The highest BCUT2D eigenvalue weighted by atomic mass is 35.5. The van der Waals surface area contributed by atoms with E-state index in [9.17, 15) is 14.7 Å². The highest BCUT2D eigenvalue weighted by Crippen LogP contribution is 2.30. The van der Waals surface area contributed by atoms with Gasteiger partial charge in [-0.3, -0.25) is 14.5 Å². The summed E-state index contributed by atoms with van der Waals surface area (Å²) >= 11 is 7.30. The van der Waals surface area contributed by atoms with Gasteiger partial charge in [-0.25, -0.2) is 0 Å². The molecule has 0 saturated heterocycles. The number of furan rings is 1. The number of halogens is 1. The van der Waals surface area contributed by atoms with Gasteiger partial charge in [0, 0.05) is 42.8 Å². The van der Waals surface area contributed by atoms with Crippen LogP contribution in [0.5, 0.6) is 0 Å². The summed E-state index contributed by atoms with van der Waals surface area (Å²) in [6, 6.07) is 10.7. The number of fused-ring (bicyclic) bond motifs is 1. The molecule has 2 N–H and O–H groups in total. The van der Waals surface area contributed by atoms with Crippen molar-refractivity contribution in [2.75, 3.05) is 13.6 Å². The number of amides is 1. The van der Waals surface area contributed by atoms with Gasteiger partial charge >= 0.3 is 0 Å². The molecule has 9 heteroatoms. The van der Waals surface area contributed by atoms with Crippen molar-refractivity contribution in [2.24, 2.45) is 7.05 Å². The van der Waals surface area contributed by atoms with Gasteiger partial charge in [0.05, 0.1) is 16.5 Å². The second-order valence-corrected chi connectivity index (χ2v) is 9.89. The van der Waals surface area contributed by atoms with Crippen LogP contribution in [0.15, 0.2) is 58.1 Å². The fourth-order valence-corrected chi connectivity index (χ4v) is 5.44. The molecule has 1 atom stereocenters. The first kappa shape index (κ1) is 24.2. The van der Waals surface area contributed by atoms with Crippen LogP contribution in [0.3, 0.4) is 0 Å². The van der Waals surface area contributed by atoms with E-state index in [1.54, 1.807) is 30.5 Å². The fourth-order valence-electron chi connectivity index (χ4n) is 3.94. The third kappa shape index (κ3) is 5.10. The number of carbonyl (C=O) groups excluding carboxylic acids is 1. The summed E-state index contributed by atoms with van der Waals surface area (Å²) in [7, 11) is 3.75. The predicted octanol–water partition coefficient (Wildman–Crippen LogP) is 4.25. The van der Waals surface area contributed by atoms with Crippen molar-refractivity contribution in [3.63, 3.8) is 0 Å². The number of carbonyl (C=O) groups is 1. The number of likely N-dealkylation sites (N-methyl/N-ethyl adjacent to an activating group) is 1. The first-order chi connectivity index (χ1) is 16.2. The summed E-state index contributed by atoms with van der Waals surface area (Å²) in [5.41, 5.74) is 2.54. The van der Waals surface area contributed by atoms with E-state index in [1.807, 2.05) is 42.6 Å². The predicted molar refractivity (Wildman–Crippen MR) is 134 cm³/mol. The summed E-state index contributed by atoms with van der Waals surface area (Å²) in [6.45, 7) is 3.22. The average Bonchev–Trinajstić information content (AvgIpc) is 3.45. The maximum atomic E-state index is 13.2. The molecule has 1 amide bonds. The maximum absolute atomic E-state index is 13.2. The van der Waals surface area contributed by atoms with E-state index in [0.29, 0.717) is 35.1 Å². The Labute approximate surface area is 206 Å². The lowest BCUT2D eigenvalue weighted by molar-refractivity contribution is 0.0949. The normalized spacial score (nSPS) is 12.4. The second kappa shape index (κ2) is 10.1. The Morgan fingerprint density at radius 1 is 1.29 bits per heavy atom. The van der Waals surface area contributed by atoms with Gasteiger partial charge in [-0.1, -0.05) is 23.7 Å². The van der Waals surface area contributed by atoms with Crippen molar-refractivity contribution in [2.45, 2.75) is 26.1 Å². The Hall–Kier alpha value is -2.91. The lowest BCUT2D eigenvalue weighted by Crippen LogP contribution is -2.29. The number of hydrogen-bond donors (Lipinski definition) is 2. The first-order valence-electron chi connectivity index (χ1n) is 10.8. The molecule has 178 valence electrons. The molecule has 4 rings (SSSR count). The van der Waals surface area contributed by atoms with Gasteiger partial charge in [-0.2, -0.15) is 0 Å². The van der Waals surface area contributed by atoms with E-state index in [1.165, 1.54) is 17.6 Å². The van der Waals surface area contributed by atoms with Gasteiger partial charge in [0.2, 0.25) is 5.43 Å². The Morgan fingerprint density at radius 2 is 2.03 bits per heavy atom. The molecule has 0 spiro atoms. The van der Waals surface area contributed by atoms with E-state index < -0.39 is 12.0 Å². The number of nitrogens with zero attached hydrogens (tertiary/aromatic N) is 2. The molecule has 0 aliphatic heterocycles. The summed E-state index contributed by atoms with van der Waals surface area (Å²) in [4.78, 5) is 29.0. The van der Waals surface area contributed by atoms with Crippen LogP contribution in [-0.2, 0) is 20.1 Å². The number of aryl methyl sites for hydroxylation is 2. The molecule has 3 aromatic heterocycles. The molecule has 3 heterocycles. The molecule has 0 aliphatic carbocycles. The molecule has 0 radical (unpaired) electrons. The molecule has 4 aromatic rings. The number of hydrogen-bond acceptors (Lipinski definition) is 6. The van der Waals surface area contributed by atoms with Gasteiger partial charge in [-0.15, -0.1) is 11.3 Å². The van der Waals surface area contributed by atoms with E-state index in [-0.39, 0.29) is 11.0 Å². The smallest absolute Gasteiger partial charge is 0.257 e. The number of thiophene rings is 1. The topological polar surface area (TPSA) is 87.7 Å². The van der Waals surface area contributed by atoms with Crippen molar-refractivity contribution >= 4 is 39.1 Å². The Bertz CT molecular complexity index is 1360. The van der Waals surface area contributed by atoms with Crippen LogP contribution in [0.1, 0.15) is 38.2 Å². The average molecular weight is 500 g/mol. The Kier molecular flexibility index (Phi) is 7.23. The van der Waals surface area contributed by atoms with Gasteiger partial charge in [0.15, 0.2) is 0 Å². The summed E-state index contributed by atoms with van der Waals surface area (Å²) in [5.74, 6) is 0.103. The minimum Gasteiger partial charge on any atom is -0.467 e.